The van der Waals surface area contributed by atoms with Gasteiger partial charge in [0.05, 0.1) is 13.2 Å². The second kappa shape index (κ2) is 8.07. The number of hydrogen-bond acceptors (Lipinski definition) is 3. The summed E-state index contributed by atoms with van der Waals surface area (Å²) < 4.78 is 5.09. The summed E-state index contributed by atoms with van der Waals surface area (Å²) in [5.41, 5.74) is 2.85. The van der Waals surface area contributed by atoms with Crippen LogP contribution in [0, 0.1) is 0 Å². The zero-order valence-corrected chi connectivity index (χ0v) is 12.1. The molecule has 0 unspecified atom stereocenters. The number of carbonyl (C=O) groups is 1. The Morgan fingerprint density at radius 2 is 1.76 bits per heavy atom. The van der Waals surface area contributed by atoms with E-state index in [4.69, 9.17) is 4.74 Å². The van der Waals surface area contributed by atoms with Gasteiger partial charge in [0, 0.05) is 18.5 Å². The van der Waals surface area contributed by atoms with Gasteiger partial charge in [0.25, 0.3) is 0 Å². The first-order valence-electron chi connectivity index (χ1n) is 6.95. The fraction of sp³-hybridized carbons (Fsp3) is 0.235. The quantitative estimate of drug-likeness (QED) is 0.822. The van der Waals surface area contributed by atoms with Crippen LogP contribution in [0.15, 0.2) is 54.6 Å². The lowest BCUT2D eigenvalue weighted by Crippen LogP contribution is -2.22. The van der Waals surface area contributed by atoms with Gasteiger partial charge in [0.15, 0.2) is 0 Å². The number of ether oxygens (including phenoxy) is 1. The summed E-state index contributed by atoms with van der Waals surface area (Å²) in [5, 5.41) is 6.02. The van der Waals surface area contributed by atoms with E-state index in [9.17, 15) is 4.79 Å². The highest BCUT2D eigenvalue weighted by molar-refractivity contribution is 5.94. The van der Waals surface area contributed by atoms with E-state index in [1.165, 1.54) is 0 Å². The largest absolute Gasteiger partial charge is 0.384 e. The molecule has 0 bridgehead atoms. The second-order valence-electron chi connectivity index (χ2n) is 4.67. The Kier molecular flexibility index (Phi) is 5.79. The van der Waals surface area contributed by atoms with Crippen molar-refractivity contribution in [1.29, 1.82) is 0 Å². The highest BCUT2D eigenvalue weighted by Gasteiger charge is 2.06. The van der Waals surface area contributed by atoms with Gasteiger partial charge in [-0.25, -0.2) is 0 Å². The van der Waals surface area contributed by atoms with Crippen LogP contribution in [0.25, 0.3) is 0 Å². The predicted octanol–water partition coefficient (Wildman–Crippen LogP) is 2.93. The van der Waals surface area contributed by atoms with Gasteiger partial charge in [-0.15, -0.1) is 0 Å². The lowest BCUT2D eigenvalue weighted by molar-refractivity contribution is -0.114. The van der Waals surface area contributed by atoms with E-state index >= 15 is 0 Å². The highest BCUT2D eigenvalue weighted by Crippen LogP contribution is 2.15. The normalized spacial score (nSPS) is 10.1. The molecule has 0 aliphatic heterocycles. The number of carbonyl (C=O) groups excluding carboxylic acids is 1. The number of rotatable bonds is 7. The number of amides is 1. The number of hydrogen-bond donors (Lipinski definition) is 2. The Hall–Kier alpha value is -2.33. The van der Waals surface area contributed by atoms with Gasteiger partial charge >= 0.3 is 0 Å². The van der Waals surface area contributed by atoms with Crippen molar-refractivity contribution in [3.8, 4) is 0 Å². The van der Waals surface area contributed by atoms with E-state index in [1.54, 1.807) is 7.11 Å². The SMILES string of the molecule is COCCc1ccccc1NC(=O)CNc1ccccc1. The minimum atomic E-state index is -0.0660. The molecule has 0 aromatic heterocycles. The Labute approximate surface area is 125 Å². The van der Waals surface area contributed by atoms with E-state index in [0.717, 1.165) is 23.4 Å². The van der Waals surface area contributed by atoms with E-state index in [1.807, 2.05) is 54.6 Å². The van der Waals surface area contributed by atoms with Crippen molar-refractivity contribution in [1.82, 2.24) is 0 Å². The Morgan fingerprint density at radius 1 is 1.05 bits per heavy atom. The van der Waals surface area contributed by atoms with E-state index in [-0.39, 0.29) is 12.5 Å². The average Bonchev–Trinajstić information content (AvgIpc) is 2.53. The van der Waals surface area contributed by atoms with Crippen molar-refractivity contribution in [2.24, 2.45) is 0 Å². The topological polar surface area (TPSA) is 50.4 Å². The summed E-state index contributed by atoms with van der Waals surface area (Å²) in [6.07, 6.45) is 0.777. The molecule has 0 fully saturated rings. The summed E-state index contributed by atoms with van der Waals surface area (Å²) in [6.45, 7) is 0.873. The molecule has 110 valence electrons. The van der Waals surface area contributed by atoms with Gasteiger partial charge in [-0.3, -0.25) is 4.79 Å². The van der Waals surface area contributed by atoms with Gasteiger partial charge in [0.2, 0.25) is 5.91 Å². The summed E-state index contributed by atoms with van der Waals surface area (Å²) in [4.78, 5) is 12.0. The predicted molar refractivity (Wildman–Crippen MR) is 85.6 cm³/mol. The minimum absolute atomic E-state index is 0.0660. The van der Waals surface area contributed by atoms with Crippen LogP contribution in [0.5, 0.6) is 0 Å². The third kappa shape index (κ3) is 4.93. The molecule has 2 aromatic carbocycles. The van der Waals surface area contributed by atoms with Crippen LogP contribution in [-0.2, 0) is 16.0 Å². The monoisotopic (exact) mass is 284 g/mol. The first-order chi connectivity index (χ1) is 10.3. The van der Waals surface area contributed by atoms with Crippen molar-refractivity contribution in [2.45, 2.75) is 6.42 Å². The van der Waals surface area contributed by atoms with Gasteiger partial charge < -0.3 is 15.4 Å². The maximum atomic E-state index is 12.0. The molecule has 4 nitrogen and oxygen atoms in total. The van der Waals surface area contributed by atoms with Gasteiger partial charge in [0.1, 0.15) is 0 Å². The maximum Gasteiger partial charge on any atom is 0.243 e. The van der Waals surface area contributed by atoms with Crippen molar-refractivity contribution in [3.05, 3.63) is 60.2 Å². The Bertz CT molecular complexity index is 570. The number of para-hydroxylation sites is 2. The first-order valence-corrected chi connectivity index (χ1v) is 6.95. The number of methoxy groups -OCH3 is 1. The molecule has 1 amide bonds. The van der Waals surface area contributed by atoms with E-state index < -0.39 is 0 Å². The first kappa shape index (κ1) is 15.1. The van der Waals surface area contributed by atoms with Crippen molar-refractivity contribution in [3.63, 3.8) is 0 Å². The number of anilines is 2. The molecule has 0 aliphatic carbocycles. The van der Waals surface area contributed by atoms with Crippen LogP contribution >= 0.6 is 0 Å². The van der Waals surface area contributed by atoms with Crippen LogP contribution in [-0.4, -0.2) is 26.2 Å². The molecule has 0 atom stereocenters. The molecule has 21 heavy (non-hydrogen) atoms. The lowest BCUT2D eigenvalue weighted by Gasteiger charge is -2.11. The van der Waals surface area contributed by atoms with Crippen LogP contribution in [0.4, 0.5) is 11.4 Å². The van der Waals surface area contributed by atoms with Crippen LogP contribution in [0.3, 0.4) is 0 Å². The molecule has 2 aromatic rings. The smallest absolute Gasteiger partial charge is 0.243 e. The minimum Gasteiger partial charge on any atom is -0.384 e. The molecule has 0 aliphatic rings. The molecule has 2 rings (SSSR count). The molecular formula is C17H20N2O2. The fourth-order valence-corrected chi connectivity index (χ4v) is 2.01. The molecule has 0 spiro atoms. The third-order valence-corrected chi connectivity index (χ3v) is 3.09. The van der Waals surface area contributed by atoms with E-state index in [2.05, 4.69) is 10.6 Å². The van der Waals surface area contributed by atoms with Gasteiger partial charge in [-0.2, -0.15) is 0 Å². The van der Waals surface area contributed by atoms with Crippen molar-refractivity contribution < 1.29 is 9.53 Å². The lowest BCUT2D eigenvalue weighted by atomic mass is 10.1. The van der Waals surface area contributed by atoms with Crippen molar-refractivity contribution >= 4 is 17.3 Å². The van der Waals surface area contributed by atoms with Gasteiger partial charge in [-0.1, -0.05) is 36.4 Å². The summed E-state index contributed by atoms with van der Waals surface area (Å²) >= 11 is 0. The Morgan fingerprint density at radius 3 is 2.52 bits per heavy atom. The number of nitrogens with one attached hydrogen (secondary N) is 2. The van der Waals surface area contributed by atoms with Crippen molar-refractivity contribution in [2.75, 3.05) is 30.9 Å². The van der Waals surface area contributed by atoms with E-state index in [0.29, 0.717) is 6.61 Å². The Balaban J connectivity index is 1.90. The molecular weight excluding hydrogens is 264 g/mol. The standard InChI is InChI=1S/C17H20N2O2/c1-21-12-11-14-7-5-6-10-16(14)19-17(20)13-18-15-8-3-2-4-9-15/h2-10,18H,11-13H2,1H3,(H,19,20). The van der Waals surface area contributed by atoms with Crippen LogP contribution in [0.1, 0.15) is 5.56 Å². The molecule has 0 saturated carbocycles. The fourth-order valence-electron chi connectivity index (χ4n) is 2.01. The maximum absolute atomic E-state index is 12.0. The van der Waals surface area contributed by atoms with Crippen LogP contribution in [0.2, 0.25) is 0 Å². The summed E-state index contributed by atoms with van der Waals surface area (Å²) in [6, 6.07) is 17.4. The number of benzene rings is 2. The van der Waals surface area contributed by atoms with Crippen LogP contribution < -0.4 is 10.6 Å². The zero-order chi connectivity index (χ0) is 14.9. The molecule has 2 N–H and O–H groups in total. The van der Waals surface area contributed by atoms with Gasteiger partial charge in [-0.05, 0) is 30.2 Å². The molecule has 0 saturated heterocycles. The molecule has 0 radical (unpaired) electrons. The molecule has 4 heteroatoms. The summed E-state index contributed by atoms with van der Waals surface area (Å²) in [7, 11) is 1.67. The highest BCUT2D eigenvalue weighted by atomic mass is 16.5. The molecule has 0 heterocycles. The average molecular weight is 284 g/mol. The third-order valence-electron chi connectivity index (χ3n) is 3.09. The summed E-state index contributed by atoms with van der Waals surface area (Å²) in [5.74, 6) is -0.0660. The second-order valence-corrected chi connectivity index (χ2v) is 4.67. The zero-order valence-electron chi connectivity index (χ0n) is 12.1.